The molecule has 6 heteroatoms. The number of benzene rings is 2. The quantitative estimate of drug-likeness (QED) is 0.298. The highest BCUT2D eigenvalue weighted by Crippen LogP contribution is 2.79. The second kappa shape index (κ2) is 7.73. The Morgan fingerprint density at radius 3 is 2.44 bits per heavy atom. The number of para-hydroxylation sites is 1. The highest BCUT2D eigenvalue weighted by molar-refractivity contribution is 6.30. The maximum absolute atomic E-state index is 14.0. The Morgan fingerprint density at radius 2 is 1.75 bits per heavy atom. The molecule has 32 heavy (non-hydrogen) atoms. The normalized spacial score (nSPS) is 28.8. The first kappa shape index (κ1) is 21.2. The first-order chi connectivity index (χ1) is 15.5. The summed E-state index contributed by atoms with van der Waals surface area (Å²) in [6.07, 6.45) is 5.39. The van der Waals surface area contributed by atoms with Crippen LogP contribution in [0.15, 0.2) is 48.5 Å². The molecule has 1 N–H and O–H groups in total. The van der Waals surface area contributed by atoms with Crippen LogP contribution in [0.25, 0.3) is 0 Å². The van der Waals surface area contributed by atoms with E-state index in [1.54, 1.807) is 36.4 Å². The molecule has 1 heterocycles. The van der Waals surface area contributed by atoms with Crippen molar-refractivity contribution in [2.75, 3.05) is 0 Å². The third-order valence-electron chi connectivity index (χ3n) is 7.67. The molecule has 1 amide bonds. The third kappa shape index (κ3) is 2.80. The Kier molecular flexibility index (Phi) is 5.12. The van der Waals surface area contributed by atoms with Crippen molar-refractivity contribution >= 4 is 29.3 Å². The second-order valence-electron chi connectivity index (χ2n) is 9.14. The summed E-state index contributed by atoms with van der Waals surface area (Å²) >= 11 is 6.03. The van der Waals surface area contributed by atoms with Gasteiger partial charge in [-0.15, -0.1) is 0 Å². The molecule has 166 valence electrons. The Morgan fingerprint density at radius 1 is 1.06 bits per heavy atom. The Labute approximate surface area is 192 Å². The molecule has 0 spiro atoms. The number of hydrogen-bond donors (Lipinski definition) is 1. The van der Waals surface area contributed by atoms with Gasteiger partial charge in [-0.2, -0.15) is 0 Å². The predicted molar refractivity (Wildman–Crippen MR) is 121 cm³/mol. The first-order valence-corrected chi connectivity index (χ1v) is 11.8. The van der Waals surface area contributed by atoms with Gasteiger partial charge >= 0.3 is 5.97 Å². The maximum atomic E-state index is 14.0. The summed E-state index contributed by atoms with van der Waals surface area (Å²) in [5, 5.41) is 3.65. The van der Waals surface area contributed by atoms with Crippen LogP contribution in [0.3, 0.4) is 0 Å². The number of hydrogen-bond acceptors (Lipinski definition) is 4. The van der Waals surface area contributed by atoms with Crippen LogP contribution >= 0.6 is 11.6 Å². The third-order valence-corrected chi connectivity index (χ3v) is 7.92. The van der Waals surface area contributed by atoms with Crippen molar-refractivity contribution in [1.82, 2.24) is 5.32 Å². The molecule has 3 unspecified atom stereocenters. The topological polar surface area (TPSA) is 72.5 Å². The number of rotatable bonds is 5. The number of carbonyl (C=O) groups excluding carboxylic acids is 3. The molecule has 3 atom stereocenters. The number of Topliss-reactive ketones (excluding diaryl/α,β-unsaturated/α-hetero) is 1. The monoisotopic (exact) mass is 451 g/mol. The van der Waals surface area contributed by atoms with Crippen LogP contribution in [-0.4, -0.2) is 23.7 Å². The van der Waals surface area contributed by atoms with Crippen molar-refractivity contribution in [2.45, 2.75) is 57.4 Å². The molecule has 5 nitrogen and oxygen atoms in total. The van der Waals surface area contributed by atoms with Gasteiger partial charge in [-0.25, -0.2) is 0 Å². The number of amides is 1. The van der Waals surface area contributed by atoms with Crippen LogP contribution in [0.4, 0.5) is 0 Å². The van der Waals surface area contributed by atoms with Gasteiger partial charge in [0.15, 0.2) is 11.2 Å². The van der Waals surface area contributed by atoms with Crippen LogP contribution in [-0.2, 0) is 9.59 Å². The molecular formula is C26H26ClNO4. The number of nitrogens with one attached hydrogen (secondary N) is 1. The van der Waals surface area contributed by atoms with Gasteiger partial charge in [-0.05, 0) is 49.6 Å². The molecule has 2 aliphatic carbocycles. The number of esters is 1. The predicted octanol–water partition coefficient (Wildman–Crippen LogP) is 5.07. The van der Waals surface area contributed by atoms with Crippen LogP contribution in [0.2, 0.25) is 5.02 Å². The standard InChI is InChI=1S/C26H26ClNO4/c1-2-25(22(29)16-12-14-17(27)15-13-16)21-19-10-6-7-11-20(19)32-24(31)26(21,25)23(30)28-18-8-4-3-5-9-18/h6-7,10-15,18,21H,2-5,8-9H2,1H3,(H,28,30). The molecular weight excluding hydrogens is 426 g/mol. The van der Waals surface area contributed by atoms with Gasteiger partial charge in [0.1, 0.15) is 5.75 Å². The van der Waals surface area contributed by atoms with Gasteiger partial charge in [0.25, 0.3) is 0 Å². The van der Waals surface area contributed by atoms with E-state index in [4.69, 9.17) is 16.3 Å². The summed E-state index contributed by atoms with van der Waals surface area (Å²) in [6.45, 7) is 1.87. The van der Waals surface area contributed by atoms with E-state index in [0.29, 0.717) is 22.8 Å². The Bertz CT molecular complexity index is 1090. The van der Waals surface area contributed by atoms with Gasteiger partial charge in [-0.3, -0.25) is 14.4 Å². The van der Waals surface area contributed by atoms with Crippen molar-refractivity contribution < 1.29 is 19.1 Å². The number of fused-ring (bicyclic) bond motifs is 3. The minimum atomic E-state index is -1.55. The molecule has 2 saturated carbocycles. The van der Waals surface area contributed by atoms with Crippen LogP contribution in [0.5, 0.6) is 5.75 Å². The minimum Gasteiger partial charge on any atom is -0.425 e. The van der Waals surface area contributed by atoms with Crippen molar-refractivity contribution in [3.8, 4) is 5.75 Å². The van der Waals surface area contributed by atoms with Crippen molar-refractivity contribution in [2.24, 2.45) is 10.8 Å². The summed E-state index contributed by atoms with van der Waals surface area (Å²) in [5.74, 6) is -1.34. The molecule has 2 aromatic rings. The van der Waals surface area contributed by atoms with Crippen molar-refractivity contribution in [3.05, 3.63) is 64.7 Å². The molecule has 0 radical (unpaired) electrons. The second-order valence-corrected chi connectivity index (χ2v) is 9.57. The Balaban J connectivity index is 1.62. The molecule has 2 fully saturated rings. The number of halogens is 1. The fourth-order valence-electron chi connectivity index (χ4n) is 6.11. The van der Waals surface area contributed by atoms with E-state index in [1.165, 1.54) is 0 Å². The zero-order valence-electron chi connectivity index (χ0n) is 18.0. The maximum Gasteiger partial charge on any atom is 0.328 e. The van der Waals surface area contributed by atoms with E-state index in [0.717, 1.165) is 37.7 Å². The molecule has 1 aliphatic heterocycles. The van der Waals surface area contributed by atoms with E-state index in [-0.39, 0.29) is 17.7 Å². The highest BCUT2D eigenvalue weighted by Gasteiger charge is 2.89. The zero-order chi connectivity index (χ0) is 22.5. The summed E-state index contributed by atoms with van der Waals surface area (Å²) < 4.78 is 5.69. The molecule has 5 rings (SSSR count). The molecule has 0 bridgehead atoms. The lowest BCUT2D eigenvalue weighted by atomic mass is 9.82. The van der Waals surface area contributed by atoms with Gasteiger partial charge in [0.2, 0.25) is 5.91 Å². The lowest BCUT2D eigenvalue weighted by Gasteiger charge is -2.28. The number of ketones is 1. The summed E-state index contributed by atoms with van der Waals surface area (Å²) in [4.78, 5) is 41.3. The van der Waals surface area contributed by atoms with E-state index in [9.17, 15) is 14.4 Å². The van der Waals surface area contributed by atoms with E-state index in [2.05, 4.69) is 5.32 Å². The average molecular weight is 452 g/mol. The van der Waals surface area contributed by atoms with E-state index in [1.807, 2.05) is 19.1 Å². The minimum absolute atomic E-state index is 0.0250. The summed E-state index contributed by atoms with van der Waals surface area (Å²) in [7, 11) is 0. The van der Waals surface area contributed by atoms with Crippen molar-refractivity contribution in [3.63, 3.8) is 0 Å². The first-order valence-electron chi connectivity index (χ1n) is 11.4. The number of carbonyl (C=O) groups is 3. The lowest BCUT2D eigenvalue weighted by molar-refractivity contribution is -0.150. The van der Waals surface area contributed by atoms with Crippen LogP contribution in [0.1, 0.15) is 67.3 Å². The highest BCUT2D eigenvalue weighted by atomic mass is 35.5. The summed E-state index contributed by atoms with van der Waals surface area (Å²) in [5.41, 5.74) is -1.55. The molecule has 3 aliphatic rings. The van der Waals surface area contributed by atoms with Gasteiger partial charge in [0, 0.05) is 28.1 Å². The van der Waals surface area contributed by atoms with Gasteiger partial charge in [-0.1, -0.05) is 56.0 Å². The van der Waals surface area contributed by atoms with Crippen molar-refractivity contribution in [1.29, 1.82) is 0 Å². The SMILES string of the molecule is CCC1(C(=O)c2ccc(Cl)cc2)C2c3ccccc3OC(=O)C21C(=O)NC1CCCCC1. The van der Waals surface area contributed by atoms with Gasteiger partial charge in [0.05, 0.1) is 5.41 Å². The average Bonchev–Trinajstić information content (AvgIpc) is 3.47. The molecule has 0 aromatic heterocycles. The smallest absolute Gasteiger partial charge is 0.328 e. The number of ether oxygens (including phenoxy) is 1. The molecule has 0 saturated heterocycles. The van der Waals surface area contributed by atoms with Gasteiger partial charge < -0.3 is 10.1 Å². The fourth-order valence-corrected chi connectivity index (χ4v) is 6.24. The fraction of sp³-hybridized carbons (Fsp3) is 0.423. The Hall–Kier alpha value is -2.66. The van der Waals surface area contributed by atoms with Crippen LogP contribution in [0, 0.1) is 10.8 Å². The zero-order valence-corrected chi connectivity index (χ0v) is 18.8. The molecule has 2 aromatic carbocycles. The van der Waals surface area contributed by atoms with E-state index < -0.39 is 22.7 Å². The van der Waals surface area contributed by atoms with E-state index >= 15 is 0 Å². The largest absolute Gasteiger partial charge is 0.425 e. The lowest BCUT2D eigenvalue weighted by Crippen LogP contribution is -2.49. The summed E-state index contributed by atoms with van der Waals surface area (Å²) in [6, 6.07) is 13.9. The van der Waals surface area contributed by atoms with Crippen LogP contribution < -0.4 is 10.1 Å².